The zero-order valence-corrected chi connectivity index (χ0v) is 12.4. The highest BCUT2D eigenvalue weighted by Gasteiger charge is 2.10. The van der Waals surface area contributed by atoms with Gasteiger partial charge in [0.2, 0.25) is 0 Å². The summed E-state index contributed by atoms with van der Waals surface area (Å²) in [7, 11) is 1.88. The Balaban J connectivity index is 2.05. The van der Waals surface area contributed by atoms with Crippen molar-refractivity contribution in [3.63, 3.8) is 0 Å². The van der Waals surface area contributed by atoms with E-state index < -0.39 is 0 Å². The molecule has 4 heteroatoms. The molecule has 0 aliphatic rings. The number of rotatable bonds is 4. The van der Waals surface area contributed by atoms with Gasteiger partial charge in [-0.05, 0) is 43.4 Å². The molecule has 3 rings (SSSR count). The molecule has 1 N–H and O–H groups in total. The van der Waals surface area contributed by atoms with Gasteiger partial charge in [-0.25, -0.2) is 0 Å². The van der Waals surface area contributed by atoms with Crippen LogP contribution in [0.25, 0.3) is 10.9 Å². The highest BCUT2D eigenvalue weighted by Crippen LogP contribution is 2.33. The first kappa shape index (κ1) is 13.9. The van der Waals surface area contributed by atoms with Crippen LogP contribution in [0.5, 0.6) is 11.5 Å². The molecule has 0 aliphatic carbocycles. The lowest BCUT2D eigenvalue weighted by atomic mass is 10.1. The van der Waals surface area contributed by atoms with E-state index in [2.05, 4.69) is 10.3 Å². The Hall–Kier alpha value is -2.10. The van der Waals surface area contributed by atoms with Crippen LogP contribution in [0, 0.1) is 0 Å². The van der Waals surface area contributed by atoms with Gasteiger partial charge in [0.1, 0.15) is 11.5 Å². The number of fused-ring (bicyclic) bond motifs is 1. The van der Waals surface area contributed by atoms with Crippen LogP contribution in [-0.2, 0) is 6.54 Å². The fourth-order valence-corrected chi connectivity index (χ4v) is 2.50. The van der Waals surface area contributed by atoms with Crippen LogP contribution in [0.3, 0.4) is 0 Å². The van der Waals surface area contributed by atoms with Crippen molar-refractivity contribution in [2.45, 2.75) is 6.54 Å². The summed E-state index contributed by atoms with van der Waals surface area (Å²) in [6.07, 6.45) is 1.78. The molecule has 1 aromatic heterocycles. The maximum absolute atomic E-state index is 6.26. The second kappa shape index (κ2) is 6.12. The Kier molecular flexibility index (Phi) is 4.04. The molecule has 0 saturated carbocycles. The van der Waals surface area contributed by atoms with E-state index >= 15 is 0 Å². The van der Waals surface area contributed by atoms with Crippen LogP contribution in [-0.4, -0.2) is 12.0 Å². The Labute approximate surface area is 128 Å². The topological polar surface area (TPSA) is 34.1 Å². The molecule has 2 aromatic carbocycles. The first-order valence-electron chi connectivity index (χ1n) is 6.73. The zero-order chi connectivity index (χ0) is 14.7. The third-order valence-electron chi connectivity index (χ3n) is 3.26. The summed E-state index contributed by atoms with van der Waals surface area (Å²) in [6.45, 7) is 0.651. The number of halogens is 1. The van der Waals surface area contributed by atoms with Gasteiger partial charge < -0.3 is 10.1 Å². The van der Waals surface area contributed by atoms with Gasteiger partial charge in [-0.2, -0.15) is 0 Å². The van der Waals surface area contributed by atoms with Crippen molar-refractivity contribution in [3.05, 3.63) is 65.3 Å². The lowest BCUT2D eigenvalue weighted by Gasteiger charge is -2.13. The Morgan fingerprint density at radius 1 is 1.05 bits per heavy atom. The molecule has 3 aromatic rings. The van der Waals surface area contributed by atoms with Gasteiger partial charge in [0, 0.05) is 28.7 Å². The third-order valence-corrected chi connectivity index (χ3v) is 3.61. The van der Waals surface area contributed by atoms with E-state index in [1.54, 1.807) is 6.20 Å². The highest BCUT2D eigenvalue weighted by molar-refractivity contribution is 6.31. The second-order valence-electron chi connectivity index (χ2n) is 4.68. The van der Waals surface area contributed by atoms with Crippen molar-refractivity contribution in [1.82, 2.24) is 10.3 Å². The molecular weight excluding hydrogens is 284 g/mol. The van der Waals surface area contributed by atoms with Crippen LogP contribution in [0.4, 0.5) is 0 Å². The predicted molar refractivity (Wildman–Crippen MR) is 86.0 cm³/mol. The van der Waals surface area contributed by atoms with Gasteiger partial charge >= 0.3 is 0 Å². The van der Waals surface area contributed by atoms with Gasteiger partial charge in [-0.1, -0.05) is 23.7 Å². The first-order chi connectivity index (χ1) is 10.3. The molecule has 0 atom stereocenters. The first-order valence-corrected chi connectivity index (χ1v) is 7.11. The number of ether oxygens (including phenoxy) is 1. The minimum absolute atomic E-state index is 0.651. The standard InChI is InChI=1S/C17H15ClN2O/c1-19-11-13-14(18)6-2-8-17(13)21-16-9-3-7-15-12(16)5-4-10-20-15/h2-10,19H,11H2,1H3. The lowest BCUT2D eigenvalue weighted by Crippen LogP contribution is -2.07. The molecule has 0 bridgehead atoms. The van der Waals surface area contributed by atoms with Gasteiger partial charge in [-0.15, -0.1) is 0 Å². The van der Waals surface area contributed by atoms with Gasteiger partial charge in [0.15, 0.2) is 0 Å². The maximum Gasteiger partial charge on any atom is 0.136 e. The van der Waals surface area contributed by atoms with E-state index in [4.69, 9.17) is 16.3 Å². The van der Waals surface area contributed by atoms with Crippen LogP contribution >= 0.6 is 11.6 Å². The smallest absolute Gasteiger partial charge is 0.136 e. The SMILES string of the molecule is CNCc1c(Cl)cccc1Oc1cccc2ncccc12. The zero-order valence-electron chi connectivity index (χ0n) is 11.6. The van der Waals surface area contributed by atoms with Crippen molar-refractivity contribution in [3.8, 4) is 11.5 Å². The minimum atomic E-state index is 0.651. The summed E-state index contributed by atoms with van der Waals surface area (Å²) in [5.74, 6) is 1.54. The number of hydrogen-bond donors (Lipinski definition) is 1. The van der Waals surface area contributed by atoms with E-state index in [1.807, 2.05) is 55.6 Å². The Morgan fingerprint density at radius 2 is 1.86 bits per heavy atom. The fraction of sp³-hybridized carbons (Fsp3) is 0.118. The highest BCUT2D eigenvalue weighted by atomic mass is 35.5. The molecule has 106 valence electrons. The maximum atomic E-state index is 6.26. The van der Waals surface area contributed by atoms with Crippen LogP contribution in [0.15, 0.2) is 54.7 Å². The average molecular weight is 299 g/mol. The summed E-state index contributed by atoms with van der Waals surface area (Å²) in [6, 6.07) is 15.4. The van der Waals surface area contributed by atoms with Crippen molar-refractivity contribution >= 4 is 22.5 Å². The van der Waals surface area contributed by atoms with E-state index in [0.29, 0.717) is 11.6 Å². The van der Waals surface area contributed by atoms with Crippen molar-refractivity contribution in [2.75, 3.05) is 7.05 Å². The molecule has 0 fully saturated rings. The number of aromatic nitrogens is 1. The van der Waals surface area contributed by atoms with Crippen LogP contribution in [0.1, 0.15) is 5.56 Å². The molecule has 0 spiro atoms. The number of hydrogen-bond acceptors (Lipinski definition) is 3. The van der Waals surface area contributed by atoms with E-state index in [0.717, 1.165) is 28.0 Å². The normalized spacial score (nSPS) is 10.8. The Bertz CT molecular complexity index is 768. The number of nitrogens with zero attached hydrogens (tertiary/aromatic N) is 1. The number of pyridine rings is 1. The van der Waals surface area contributed by atoms with Crippen LogP contribution < -0.4 is 10.1 Å². The predicted octanol–water partition coefficient (Wildman–Crippen LogP) is 4.40. The number of nitrogens with one attached hydrogen (secondary N) is 1. The van der Waals surface area contributed by atoms with E-state index in [1.165, 1.54) is 0 Å². The molecule has 1 heterocycles. The largest absolute Gasteiger partial charge is 0.456 e. The molecule has 0 amide bonds. The van der Waals surface area contributed by atoms with E-state index in [9.17, 15) is 0 Å². The quantitative estimate of drug-likeness (QED) is 0.775. The average Bonchev–Trinajstić information content (AvgIpc) is 2.51. The third kappa shape index (κ3) is 2.84. The Morgan fingerprint density at radius 3 is 2.71 bits per heavy atom. The van der Waals surface area contributed by atoms with Gasteiger partial charge in [-0.3, -0.25) is 4.98 Å². The molecule has 21 heavy (non-hydrogen) atoms. The summed E-state index contributed by atoms with van der Waals surface area (Å²) >= 11 is 6.26. The van der Waals surface area contributed by atoms with Gasteiger partial charge in [0.25, 0.3) is 0 Å². The van der Waals surface area contributed by atoms with Crippen LogP contribution in [0.2, 0.25) is 5.02 Å². The van der Waals surface area contributed by atoms with Crippen molar-refractivity contribution < 1.29 is 4.74 Å². The lowest BCUT2D eigenvalue weighted by molar-refractivity contribution is 0.479. The summed E-state index contributed by atoms with van der Waals surface area (Å²) in [4.78, 5) is 4.34. The molecule has 0 aliphatic heterocycles. The summed E-state index contributed by atoms with van der Waals surface area (Å²) in [5.41, 5.74) is 1.86. The monoisotopic (exact) mass is 298 g/mol. The molecule has 3 nitrogen and oxygen atoms in total. The minimum Gasteiger partial charge on any atom is -0.456 e. The van der Waals surface area contributed by atoms with E-state index in [-0.39, 0.29) is 0 Å². The molecule has 0 radical (unpaired) electrons. The molecule has 0 saturated heterocycles. The van der Waals surface area contributed by atoms with Gasteiger partial charge in [0.05, 0.1) is 5.52 Å². The fourth-order valence-electron chi connectivity index (χ4n) is 2.27. The number of benzene rings is 2. The summed E-state index contributed by atoms with van der Waals surface area (Å²) < 4.78 is 6.09. The molecular formula is C17H15ClN2O. The van der Waals surface area contributed by atoms with Crippen molar-refractivity contribution in [2.24, 2.45) is 0 Å². The second-order valence-corrected chi connectivity index (χ2v) is 5.08. The summed E-state index contributed by atoms with van der Waals surface area (Å²) in [5, 5.41) is 4.79. The molecule has 0 unspecified atom stereocenters. The van der Waals surface area contributed by atoms with Crippen molar-refractivity contribution in [1.29, 1.82) is 0 Å².